The molecule has 0 saturated heterocycles. The van der Waals surface area contributed by atoms with Gasteiger partial charge in [0.25, 0.3) is 0 Å². The molecule has 76 valence electrons. The second kappa shape index (κ2) is 13.2. The zero-order valence-electron chi connectivity index (χ0n) is 7.66. The van der Waals surface area contributed by atoms with E-state index in [1.807, 2.05) is 26.0 Å². The average Bonchev–Trinajstić information content (AvgIpc) is 2.05. The van der Waals surface area contributed by atoms with Gasteiger partial charge in [-0.25, -0.2) is 4.79 Å². The molecule has 0 radical (unpaired) electrons. The Kier molecular flexibility index (Phi) is 17.9. The van der Waals surface area contributed by atoms with Crippen molar-refractivity contribution in [1.82, 2.24) is 0 Å². The fourth-order valence-corrected chi connectivity index (χ4v) is 0.144. The van der Waals surface area contributed by atoms with Crippen LogP contribution in [0, 0.1) is 0 Å². The molecule has 13 heavy (non-hydrogen) atoms. The van der Waals surface area contributed by atoms with Crippen LogP contribution in [0.3, 0.4) is 0 Å². The molecule has 0 aliphatic heterocycles. The molecule has 0 aromatic heterocycles. The third-order valence-electron chi connectivity index (χ3n) is 0.837. The number of carbonyl (C=O) groups excluding carboxylic acids is 2. The maximum Gasteiger partial charge on any atom is 0.340 e. The first kappa shape index (κ1) is 17.6. The van der Waals surface area contributed by atoms with E-state index in [1.165, 1.54) is 6.92 Å². The van der Waals surface area contributed by atoms with Crippen molar-refractivity contribution in [2.75, 3.05) is 0 Å². The predicted octanol–water partition coefficient (Wildman–Crippen LogP) is 2.48. The topological polar surface area (TPSA) is 43.4 Å². The summed E-state index contributed by atoms with van der Waals surface area (Å²) in [7, 11) is 0. The van der Waals surface area contributed by atoms with E-state index in [4.69, 9.17) is 0 Å². The fourth-order valence-electron chi connectivity index (χ4n) is 0.144. The van der Waals surface area contributed by atoms with Crippen LogP contribution in [0.2, 0.25) is 0 Å². The van der Waals surface area contributed by atoms with Crippen molar-refractivity contribution in [2.24, 2.45) is 0 Å². The summed E-state index contributed by atoms with van der Waals surface area (Å²) in [5.74, 6) is -0.681. The van der Waals surface area contributed by atoms with Gasteiger partial charge in [0.2, 0.25) is 0 Å². The molecule has 0 aromatic rings. The molecule has 0 aliphatic carbocycles. The van der Waals surface area contributed by atoms with Gasteiger partial charge in [-0.05, 0) is 20.8 Å². The molecule has 0 spiro atoms. The van der Waals surface area contributed by atoms with E-state index in [0.29, 0.717) is 0 Å². The summed E-state index contributed by atoms with van der Waals surface area (Å²) in [5.41, 5.74) is 0.220. The lowest BCUT2D eigenvalue weighted by Gasteiger charge is -1.89. The van der Waals surface area contributed by atoms with Crippen LogP contribution in [-0.2, 0) is 14.3 Å². The lowest BCUT2D eigenvalue weighted by molar-refractivity contribution is -0.148. The molecule has 0 unspecified atom stereocenters. The maximum absolute atomic E-state index is 10.2. The Balaban J connectivity index is -0.000000173. The van der Waals surface area contributed by atoms with Crippen molar-refractivity contribution in [3.63, 3.8) is 0 Å². The molecule has 3 heteroatoms. The Bertz CT molecular complexity index is 177. The molecule has 0 fully saturated rings. The molecule has 0 atom stereocenters. The van der Waals surface area contributed by atoms with Crippen molar-refractivity contribution in [3.8, 4) is 0 Å². The van der Waals surface area contributed by atoms with Crippen molar-refractivity contribution in [2.45, 2.75) is 28.2 Å². The molecular formula is C10H18O3. The zero-order chi connectivity index (χ0) is 9.98. The number of allylic oxidation sites excluding steroid dienone is 2. The van der Waals surface area contributed by atoms with Crippen molar-refractivity contribution < 1.29 is 14.3 Å². The van der Waals surface area contributed by atoms with E-state index in [2.05, 4.69) is 11.3 Å². The summed E-state index contributed by atoms with van der Waals surface area (Å²) in [6, 6.07) is 0. The molecular weight excluding hydrogens is 168 g/mol. The average molecular weight is 186 g/mol. The lowest BCUT2D eigenvalue weighted by Crippen LogP contribution is -2.01. The van der Waals surface area contributed by atoms with Crippen molar-refractivity contribution in [3.05, 3.63) is 24.3 Å². The van der Waals surface area contributed by atoms with Gasteiger partial charge in [0.1, 0.15) is 0 Å². The van der Waals surface area contributed by atoms with Gasteiger partial charge in [-0.1, -0.05) is 26.2 Å². The van der Waals surface area contributed by atoms with E-state index < -0.39 is 5.97 Å². The largest absolute Gasteiger partial charge is 0.392 e. The minimum Gasteiger partial charge on any atom is -0.392 e. The van der Waals surface area contributed by atoms with Crippen molar-refractivity contribution >= 4 is 12.4 Å². The smallest absolute Gasteiger partial charge is 0.340 e. The molecule has 0 bridgehead atoms. The van der Waals surface area contributed by atoms with E-state index in [-0.39, 0.29) is 19.5 Å². The summed E-state index contributed by atoms with van der Waals surface area (Å²) < 4.78 is 3.88. The number of ether oxygens (including phenoxy) is 1. The fraction of sp³-hybridized carbons (Fsp3) is 0.400. The lowest BCUT2D eigenvalue weighted by atomic mass is 10.4. The van der Waals surface area contributed by atoms with E-state index in [9.17, 15) is 9.59 Å². The molecule has 3 nitrogen and oxygen atoms in total. The first-order chi connectivity index (χ1) is 5.59. The van der Waals surface area contributed by atoms with E-state index in [1.54, 1.807) is 0 Å². The number of esters is 1. The minimum absolute atomic E-state index is 0. The monoisotopic (exact) mass is 186 g/mol. The van der Waals surface area contributed by atoms with Crippen LogP contribution in [0.4, 0.5) is 0 Å². The van der Waals surface area contributed by atoms with E-state index in [0.717, 1.165) is 0 Å². The summed E-state index contributed by atoms with van der Waals surface area (Å²) in [5, 5.41) is 0. The highest BCUT2D eigenvalue weighted by Gasteiger charge is 1.98. The normalized spacial score (nSPS) is 7.62. The molecule has 0 aliphatic rings. The van der Waals surface area contributed by atoms with Crippen LogP contribution in [0.25, 0.3) is 0 Å². The van der Waals surface area contributed by atoms with Crippen molar-refractivity contribution in [1.29, 1.82) is 0 Å². The van der Waals surface area contributed by atoms with Crippen LogP contribution in [0.15, 0.2) is 24.3 Å². The van der Waals surface area contributed by atoms with Crippen LogP contribution in [0.1, 0.15) is 28.2 Å². The highest BCUT2D eigenvalue weighted by Crippen LogP contribution is 1.87. The Labute approximate surface area is 80.1 Å². The zero-order valence-corrected chi connectivity index (χ0v) is 7.66. The highest BCUT2D eigenvalue weighted by atomic mass is 16.6. The summed E-state index contributed by atoms with van der Waals surface area (Å²) in [4.78, 5) is 19.6. The van der Waals surface area contributed by atoms with Gasteiger partial charge in [-0.2, -0.15) is 0 Å². The van der Waals surface area contributed by atoms with Gasteiger partial charge >= 0.3 is 12.4 Å². The number of hydrogen-bond donors (Lipinski definition) is 0. The number of hydrogen-bond acceptors (Lipinski definition) is 3. The Morgan fingerprint density at radius 1 is 1.31 bits per heavy atom. The van der Waals surface area contributed by atoms with Gasteiger partial charge in [0, 0.05) is 5.57 Å². The summed E-state index contributed by atoms with van der Waals surface area (Å²) >= 11 is 0. The Hall–Kier alpha value is -1.38. The van der Waals surface area contributed by atoms with Crippen LogP contribution < -0.4 is 0 Å². The van der Waals surface area contributed by atoms with E-state index >= 15 is 0 Å². The van der Waals surface area contributed by atoms with Gasteiger partial charge in [0.05, 0.1) is 0 Å². The molecule has 0 saturated carbocycles. The Morgan fingerprint density at radius 2 is 1.69 bits per heavy atom. The molecule has 0 N–H and O–H groups in total. The van der Waals surface area contributed by atoms with Crippen LogP contribution >= 0.6 is 0 Å². The van der Waals surface area contributed by atoms with Crippen LogP contribution in [0.5, 0.6) is 0 Å². The third-order valence-corrected chi connectivity index (χ3v) is 0.837. The number of carbonyl (C=O) groups is 2. The van der Waals surface area contributed by atoms with Gasteiger partial charge in [0.15, 0.2) is 0 Å². The molecule has 0 rings (SSSR count). The molecule has 0 aromatic carbocycles. The summed E-state index contributed by atoms with van der Waals surface area (Å²) in [6.45, 7) is 8.78. The first-order valence-electron chi connectivity index (χ1n) is 3.47. The summed E-state index contributed by atoms with van der Waals surface area (Å²) in [6.07, 6.45) is 4.00. The predicted molar refractivity (Wildman–Crippen MR) is 54.2 cm³/mol. The molecule has 0 heterocycles. The van der Waals surface area contributed by atoms with Gasteiger partial charge in [-0.15, -0.1) is 0 Å². The minimum atomic E-state index is -0.681. The van der Waals surface area contributed by atoms with Gasteiger partial charge in [-0.3, -0.25) is 4.79 Å². The SMILES string of the molecule is C.C/C=C/C.C=C(C)C(=O)OC=O. The molecule has 0 amide bonds. The quantitative estimate of drug-likeness (QED) is 0.219. The highest BCUT2D eigenvalue weighted by molar-refractivity contribution is 5.90. The first-order valence-corrected chi connectivity index (χ1v) is 3.47. The second-order valence-corrected chi connectivity index (χ2v) is 1.95. The Morgan fingerprint density at radius 3 is 1.77 bits per heavy atom. The van der Waals surface area contributed by atoms with Gasteiger partial charge < -0.3 is 4.74 Å². The third kappa shape index (κ3) is 18.0. The number of rotatable bonds is 2. The second-order valence-electron chi connectivity index (χ2n) is 1.95. The van der Waals surface area contributed by atoms with Crippen LogP contribution in [-0.4, -0.2) is 12.4 Å². The maximum atomic E-state index is 10.2. The standard InChI is InChI=1S/C5H6O3.C4H8.CH4/c1-4(2)5(7)8-3-6;1-3-4-2;/h3H,1H2,2H3;3-4H,1-2H3;1H4/b;4-3+;.